The van der Waals surface area contributed by atoms with E-state index in [9.17, 15) is 10.1 Å². The minimum Gasteiger partial charge on any atom is -0.462 e. The van der Waals surface area contributed by atoms with E-state index in [1.807, 2.05) is 14.1 Å². The number of carbonyl (C=O) groups excluding carboxylic acids is 1. The number of anilines is 2. The number of hydrogen-bond acceptors (Lipinski definition) is 8. The van der Waals surface area contributed by atoms with Gasteiger partial charge < -0.3 is 24.3 Å². The van der Waals surface area contributed by atoms with Crippen LogP contribution in [0.2, 0.25) is 0 Å². The van der Waals surface area contributed by atoms with Gasteiger partial charge >= 0.3 is 6.01 Å². The van der Waals surface area contributed by atoms with Gasteiger partial charge in [-0.05, 0) is 63.6 Å². The second kappa shape index (κ2) is 11.6. The van der Waals surface area contributed by atoms with Gasteiger partial charge in [-0.1, -0.05) is 18.7 Å². The summed E-state index contributed by atoms with van der Waals surface area (Å²) in [5, 5.41) is 9.46. The van der Waals surface area contributed by atoms with Crippen molar-refractivity contribution in [2.24, 2.45) is 0 Å². The van der Waals surface area contributed by atoms with E-state index >= 15 is 0 Å². The summed E-state index contributed by atoms with van der Waals surface area (Å²) in [6.07, 6.45) is 5.46. The van der Waals surface area contributed by atoms with Crippen molar-refractivity contribution < 1.29 is 9.53 Å². The Hall–Kier alpha value is -3.64. The third-order valence-electron chi connectivity index (χ3n) is 8.28. The van der Waals surface area contributed by atoms with Crippen molar-refractivity contribution >= 4 is 17.4 Å². The van der Waals surface area contributed by atoms with Gasteiger partial charge in [0.05, 0.1) is 24.2 Å². The first-order chi connectivity index (χ1) is 18.9. The normalized spacial score (nSPS) is 20.4. The predicted octanol–water partition coefficient (Wildman–Crippen LogP) is 2.76. The molecule has 2 atom stereocenters. The van der Waals surface area contributed by atoms with E-state index in [-0.39, 0.29) is 18.4 Å². The fourth-order valence-corrected chi connectivity index (χ4v) is 6.22. The summed E-state index contributed by atoms with van der Waals surface area (Å²) < 4.78 is 6.06. The van der Waals surface area contributed by atoms with E-state index in [4.69, 9.17) is 14.7 Å². The van der Waals surface area contributed by atoms with Gasteiger partial charge in [0.2, 0.25) is 5.91 Å². The van der Waals surface area contributed by atoms with Crippen LogP contribution in [0.4, 0.5) is 11.5 Å². The number of rotatable bonds is 8. The Labute approximate surface area is 231 Å². The minimum absolute atomic E-state index is 0.128. The maximum atomic E-state index is 12.5. The number of fused-ring (bicyclic) bond motifs is 2. The lowest BCUT2D eigenvalue weighted by Gasteiger charge is -2.42. The summed E-state index contributed by atoms with van der Waals surface area (Å²) in [7, 11) is 4.03. The van der Waals surface area contributed by atoms with Crippen molar-refractivity contribution in [2.75, 3.05) is 63.2 Å². The van der Waals surface area contributed by atoms with Gasteiger partial charge in [-0.15, -0.1) is 0 Å². The maximum Gasteiger partial charge on any atom is 0.318 e. The number of amides is 1. The van der Waals surface area contributed by atoms with E-state index in [1.54, 1.807) is 4.90 Å². The molecule has 2 aromatic rings. The van der Waals surface area contributed by atoms with Crippen LogP contribution >= 0.6 is 0 Å². The van der Waals surface area contributed by atoms with Crippen molar-refractivity contribution in [1.82, 2.24) is 19.8 Å². The van der Waals surface area contributed by atoms with Crippen LogP contribution in [-0.4, -0.2) is 91.2 Å². The van der Waals surface area contributed by atoms with Crippen LogP contribution in [0.3, 0.4) is 0 Å². The molecule has 39 heavy (non-hydrogen) atoms. The van der Waals surface area contributed by atoms with E-state index < -0.39 is 0 Å². The van der Waals surface area contributed by atoms with Crippen molar-refractivity contribution in [3.8, 4) is 12.1 Å². The quantitative estimate of drug-likeness (QED) is 0.483. The SMILES string of the molecule is C=CC(=O)N1CCN(c2nc(OCCN(C)C)nc3c2CCC(N2CCc4c(C)cccc42)C3)CC1CC#N. The van der Waals surface area contributed by atoms with Crippen molar-refractivity contribution in [3.63, 3.8) is 0 Å². The highest BCUT2D eigenvalue weighted by atomic mass is 16.5. The van der Waals surface area contributed by atoms with Gasteiger partial charge in [-0.2, -0.15) is 15.2 Å². The standard InChI is InChI=1S/C30H39N7O2/c1-5-28(38)37-16-15-35(20-23(37)11-13-31)29-25-10-9-22(36-14-12-24-21(2)7-6-8-27(24)36)19-26(25)32-30(33-29)39-18-17-34(3)4/h5-8,22-23H,1,9-12,14-20H2,2-4H3. The summed E-state index contributed by atoms with van der Waals surface area (Å²) in [6, 6.07) is 9.46. The molecule has 9 nitrogen and oxygen atoms in total. The van der Waals surface area contributed by atoms with Crippen LogP contribution < -0.4 is 14.5 Å². The van der Waals surface area contributed by atoms with Gasteiger partial charge in [0.15, 0.2) is 0 Å². The second-order valence-corrected chi connectivity index (χ2v) is 11.0. The number of nitriles is 1. The van der Waals surface area contributed by atoms with Crippen molar-refractivity contribution in [2.45, 2.75) is 51.1 Å². The van der Waals surface area contributed by atoms with E-state index in [0.717, 1.165) is 50.3 Å². The number of aryl methyl sites for hydroxylation is 1. The summed E-state index contributed by atoms with van der Waals surface area (Å²) in [6.45, 7) is 9.89. The van der Waals surface area contributed by atoms with Crippen LogP contribution in [-0.2, 0) is 24.1 Å². The first-order valence-electron chi connectivity index (χ1n) is 14.0. The Bertz CT molecular complexity index is 1270. The van der Waals surface area contributed by atoms with E-state index in [1.165, 1.54) is 28.5 Å². The van der Waals surface area contributed by atoms with Gasteiger partial charge in [-0.3, -0.25) is 4.79 Å². The number of benzene rings is 1. The average Bonchev–Trinajstić information content (AvgIpc) is 3.37. The summed E-state index contributed by atoms with van der Waals surface area (Å²) in [5.41, 5.74) is 6.43. The first kappa shape index (κ1) is 26.9. The smallest absolute Gasteiger partial charge is 0.318 e. The van der Waals surface area contributed by atoms with Gasteiger partial charge in [0.25, 0.3) is 0 Å². The molecule has 0 bridgehead atoms. The zero-order valence-corrected chi connectivity index (χ0v) is 23.4. The molecule has 206 valence electrons. The molecular formula is C30H39N7O2. The second-order valence-electron chi connectivity index (χ2n) is 11.0. The molecule has 2 aliphatic heterocycles. The molecule has 0 saturated carbocycles. The number of aromatic nitrogens is 2. The van der Waals surface area contributed by atoms with Gasteiger partial charge in [-0.25, -0.2) is 0 Å². The molecule has 3 aliphatic rings. The largest absolute Gasteiger partial charge is 0.462 e. The molecule has 9 heteroatoms. The summed E-state index contributed by atoms with van der Waals surface area (Å²) in [5.74, 6) is 0.765. The highest BCUT2D eigenvalue weighted by Gasteiger charge is 2.35. The van der Waals surface area contributed by atoms with Crippen LogP contribution in [0.15, 0.2) is 30.9 Å². The topological polar surface area (TPSA) is 88.8 Å². The Kier molecular flexibility index (Phi) is 8.03. The van der Waals surface area contributed by atoms with Crippen LogP contribution in [0, 0.1) is 18.3 Å². The first-order valence-corrected chi connectivity index (χ1v) is 14.0. The highest BCUT2D eigenvalue weighted by molar-refractivity contribution is 5.87. The van der Waals surface area contributed by atoms with Crippen molar-refractivity contribution in [3.05, 3.63) is 53.2 Å². The number of nitrogens with zero attached hydrogens (tertiary/aromatic N) is 7. The molecule has 1 fully saturated rings. The lowest BCUT2D eigenvalue weighted by molar-refractivity contribution is -0.128. The zero-order chi connectivity index (χ0) is 27.5. The minimum atomic E-state index is -0.210. The fourth-order valence-electron chi connectivity index (χ4n) is 6.22. The molecule has 5 rings (SSSR count). The molecule has 0 spiro atoms. The van der Waals surface area contributed by atoms with Gasteiger partial charge in [0.1, 0.15) is 12.4 Å². The Balaban J connectivity index is 1.43. The molecule has 1 aromatic heterocycles. The zero-order valence-electron chi connectivity index (χ0n) is 23.4. The Morgan fingerprint density at radius 2 is 2.08 bits per heavy atom. The molecule has 0 radical (unpaired) electrons. The molecule has 0 N–H and O–H groups in total. The third-order valence-corrected chi connectivity index (χ3v) is 8.28. The molecule has 3 heterocycles. The summed E-state index contributed by atoms with van der Waals surface area (Å²) >= 11 is 0. The number of piperazine rings is 1. The highest BCUT2D eigenvalue weighted by Crippen LogP contribution is 2.38. The van der Waals surface area contributed by atoms with Crippen LogP contribution in [0.5, 0.6) is 6.01 Å². The number of carbonyl (C=O) groups is 1. The van der Waals surface area contributed by atoms with E-state index in [0.29, 0.717) is 38.3 Å². The Morgan fingerprint density at radius 1 is 1.23 bits per heavy atom. The fraction of sp³-hybridized carbons (Fsp3) is 0.533. The molecular weight excluding hydrogens is 490 g/mol. The average molecular weight is 530 g/mol. The lowest BCUT2D eigenvalue weighted by atomic mass is 9.90. The van der Waals surface area contributed by atoms with E-state index in [2.05, 4.69) is 52.5 Å². The monoisotopic (exact) mass is 529 g/mol. The number of likely N-dealkylation sites (N-methyl/N-ethyl adjacent to an activating group) is 1. The molecule has 1 amide bonds. The summed E-state index contributed by atoms with van der Waals surface area (Å²) in [4.78, 5) is 30.9. The maximum absolute atomic E-state index is 12.5. The van der Waals surface area contributed by atoms with Gasteiger partial charge in [0, 0.05) is 56.4 Å². The predicted molar refractivity (Wildman–Crippen MR) is 152 cm³/mol. The molecule has 2 unspecified atom stereocenters. The third kappa shape index (κ3) is 5.57. The molecule has 1 saturated heterocycles. The van der Waals surface area contributed by atoms with Crippen LogP contribution in [0.1, 0.15) is 35.2 Å². The van der Waals surface area contributed by atoms with Crippen LogP contribution in [0.25, 0.3) is 0 Å². The lowest BCUT2D eigenvalue weighted by Crippen LogP contribution is -2.55. The molecule has 1 aromatic carbocycles. The molecule has 1 aliphatic carbocycles. The van der Waals surface area contributed by atoms with Crippen molar-refractivity contribution in [1.29, 1.82) is 5.26 Å². The Morgan fingerprint density at radius 3 is 2.85 bits per heavy atom. The number of ether oxygens (including phenoxy) is 1. The number of hydrogen-bond donors (Lipinski definition) is 0.